The van der Waals surface area contributed by atoms with E-state index >= 15 is 0 Å². The molecule has 0 aromatic heterocycles. The number of anilines is 1. The quantitative estimate of drug-likeness (QED) is 0.865. The average Bonchev–Trinajstić information content (AvgIpc) is 2.64. The highest BCUT2D eigenvalue weighted by Crippen LogP contribution is 2.18. The van der Waals surface area contributed by atoms with E-state index in [-0.39, 0.29) is 6.03 Å². The van der Waals surface area contributed by atoms with E-state index in [1.54, 1.807) is 0 Å². The molecule has 0 saturated carbocycles. The van der Waals surface area contributed by atoms with Crippen LogP contribution in [0.3, 0.4) is 0 Å². The number of rotatable bonds is 5. The van der Waals surface area contributed by atoms with Crippen LogP contribution in [0, 0.1) is 12.8 Å². The molecule has 0 unspecified atom stereocenters. The molecule has 25 heavy (non-hydrogen) atoms. The molecule has 2 amide bonds. The van der Waals surface area contributed by atoms with E-state index in [1.807, 2.05) is 30.3 Å². The monoisotopic (exact) mass is 337 g/mol. The number of carbonyl (C=O) groups is 1. The van der Waals surface area contributed by atoms with E-state index in [1.165, 1.54) is 11.1 Å². The van der Waals surface area contributed by atoms with Crippen molar-refractivity contribution in [2.24, 2.45) is 5.92 Å². The Morgan fingerprint density at radius 1 is 1.04 bits per heavy atom. The van der Waals surface area contributed by atoms with Crippen LogP contribution >= 0.6 is 0 Å². The first kappa shape index (κ1) is 17.5. The summed E-state index contributed by atoms with van der Waals surface area (Å²) in [5.74, 6) is 0.566. The normalized spacial score (nSPS) is 15.7. The molecule has 1 aliphatic heterocycles. The van der Waals surface area contributed by atoms with Gasteiger partial charge in [-0.05, 0) is 56.5 Å². The van der Waals surface area contributed by atoms with Crippen molar-refractivity contribution in [2.75, 3.05) is 25.0 Å². The number of urea groups is 1. The Bertz CT molecular complexity index is 661. The summed E-state index contributed by atoms with van der Waals surface area (Å²) in [5.41, 5.74) is 3.51. The summed E-state index contributed by atoms with van der Waals surface area (Å²) in [7, 11) is 0. The van der Waals surface area contributed by atoms with E-state index < -0.39 is 0 Å². The van der Waals surface area contributed by atoms with Crippen LogP contribution in [-0.4, -0.2) is 30.6 Å². The Morgan fingerprint density at radius 2 is 1.72 bits per heavy atom. The first-order valence-corrected chi connectivity index (χ1v) is 9.07. The second-order valence-electron chi connectivity index (χ2n) is 6.91. The number of nitrogens with one attached hydrogen (secondary N) is 2. The minimum Gasteiger partial charge on any atom is -0.338 e. The SMILES string of the molecule is Cc1ccc(CN2CCC(CNC(=O)Nc3ccccc3)CC2)cc1. The van der Waals surface area contributed by atoms with Gasteiger partial charge in [0.1, 0.15) is 0 Å². The van der Waals surface area contributed by atoms with Crippen molar-refractivity contribution in [3.63, 3.8) is 0 Å². The fourth-order valence-corrected chi connectivity index (χ4v) is 3.23. The molecule has 2 aromatic carbocycles. The fraction of sp³-hybridized carbons (Fsp3) is 0.381. The van der Waals surface area contributed by atoms with Gasteiger partial charge in [-0.1, -0.05) is 48.0 Å². The van der Waals surface area contributed by atoms with E-state index in [0.29, 0.717) is 5.92 Å². The highest BCUT2D eigenvalue weighted by molar-refractivity contribution is 5.89. The van der Waals surface area contributed by atoms with Crippen molar-refractivity contribution < 1.29 is 4.79 Å². The Morgan fingerprint density at radius 3 is 2.40 bits per heavy atom. The van der Waals surface area contributed by atoms with Gasteiger partial charge in [-0.15, -0.1) is 0 Å². The molecule has 1 fully saturated rings. The Kier molecular flexibility index (Phi) is 6.07. The summed E-state index contributed by atoms with van der Waals surface area (Å²) in [4.78, 5) is 14.5. The molecule has 2 aromatic rings. The number of piperidine rings is 1. The summed E-state index contributed by atoms with van der Waals surface area (Å²) < 4.78 is 0. The average molecular weight is 337 g/mol. The van der Waals surface area contributed by atoms with Crippen molar-refractivity contribution in [1.82, 2.24) is 10.2 Å². The lowest BCUT2D eigenvalue weighted by Gasteiger charge is -2.32. The van der Waals surface area contributed by atoms with Crippen LogP contribution in [0.4, 0.5) is 10.5 Å². The van der Waals surface area contributed by atoms with E-state index in [9.17, 15) is 4.79 Å². The van der Waals surface area contributed by atoms with Crippen LogP contribution in [0.15, 0.2) is 54.6 Å². The maximum atomic E-state index is 12.0. The number of carbonyl (C=O) groups excluding carboxylic acids is 1. The Hall–Kier alpha value is -2.33. The Balaban J connectivity index is 1.36. The molecule has 3 rings (SSSR count). The van der Waals surface area contributed by atoms with Gasteiger partial charge in [-0.2, -0.15) is 0 Å². The number of para-hydroxylation sites is 1. The zero-order chi connectivity index (χ0) is 17.5. The van der Waals surface area contributed by atoms with Crippen LogP contribution in [0.1, 0.15) is 24.0 Å². The smallest absolute Gasteiger partial charge is 0.319 e. The zero-order valence-corrected chi connectivity index (χ0v) is 14.9. The second-order valence-corrected chi connectivity index (χ2v) is 6.91. The zero-order valence-electron chi connectivity index (χ0n) is 14.9. The first-order chi connectivity index (χ1) is 12.2. The molecule has 0 aliphatic carbocycles. The maximum Gasteiger partial charge on any atom is 0.319 e. The van der Waals surface area contributed by atoms with E-state index in [2.05, 4.69) is 46.7 Å². The molecule has 0 radical (unpaired) electrons. The minimum absolute atomic E-state index is 0.117. The summed E-state index contributed by atoms with van der Waals surface area (Å²) in [6, 6.07) is 18.2. The number of hydrogen-bond acceptors (Lipinski definition) is 2. The predicted octanol–water partition coefficient (Wildman–Crippen LogP) is 4.03. The molecule has 1 aliphatic rings. The predicted molar refractivity (Wildman–Crippen MR) is 103 cm³/mol. The number of amides is 2. The number of aryl methyl sites for hydroxylation is 1. The molecule has 1 saturated heterocycles. The molecule has 0 bridgehead atoms. The third kappa shape index (κ3) is 5.61. The molecule has 1 heterocycles. The standard InChI is InChI=1S/C21H27N3O/c1-17-7-9-19(10-8-17)16-24-13-11-18(12-14-24)15-22-21(25)23-20-5-3-2-4-6-20/h2-10,18H,11-16H2,1H3,(H2,22,23,25). The molecule has 2 N–H and O–H groups in total. The molecule has 0 atom stereocenters. The topological polar surface area (TPSA) is 44.4 Å². The van der Waals surface area contributed by atoms with Crippen LogP contribution in [0.25, 0.3) is 0 Å². The lowest BCUT2D eigenvalue weighted by molar-refractivity contribution is 0.175. The Labute approximate surface area is 150 Å². The second kappa shape index (κ2) is 8.67. The van der Waals surface area contributed by atoms with Crippen LogP contribution in [-0.2, 0) is 6.54 Å². The van der Waals surface area contributed by atoms with Gasteiger partial charge < -0.3 is 10.6 Å². The van der Waals surface area contributed by atoms with E-state index in [4.69, 9.17) is 0 Å². The van der Waals surface area contributed by atoms with E-state index in [0.717, 1.165) is 44.7 Å². The third-order valence-corrected chi connectivity index (χ3v) is 4.82. The summed E-state index contributed by atoms with van der Waals surface area (Å²) >= 11 is 0. The maximum absolute atomic E-state index is 12.0. The van der Waals surface area contributed by atoms with Crippen LogP contribution < -0.4 is 10.6 Å². The number of hydrogen-bond donors (Lipinski definition) is 2. The van der Waals surface area contributed by atoms with Crippen molar-refractivity contribution in [3.05, 3.63) is 65.7 Å². The third-order valence-electron chi connectivity index (χ3n) is 4.82. The first-order valence-electron chi connectivity index (χ1n) is 9.07. The molecular weight excluding hydrogens is 310 g/mol. The van der Waals surface area contributed by atoms with Crippen LogP contribution in [0.2, 0.25) is 0 Å². The highest BCUT2D eigenvalue weighted by atomic mass is 16.2. The lowest BCUT2D eigenvalue weighted by atomic mass is 9.96. The van der Waals surface area contributed by atoms with Crippen LogP contribution in [0.5, 0.6) is 0 Å². The van der Waals surface area contributed by atoms with Crippen molar-refractivity contribution >= 4 is 11.7 Å². The lowest BCUT2D eigenvalue weighted by Crippen LogP contribution is -2.39. The largest absolute Gasteiger partial charge is 0.338 e. The summed E-state index contributed by atoms with van der Waals surface area (Å²) in [6.07, 6.45) is 2.27. The van der Waals surface area contributed by atoms with Crippen molar-refractivity contribution in [1.29, 1.82) is 0 Å². The van der Waals surface area contributed by atoms with Crippen molar-refractivity contribution in [3.8, 4) is 0 Å². The van der Waals surface area contributed by atoms with Gasteiger partial charge in [-0.3, -0.25) is 4.90 Å². The van der Waals surface area contributed by atoms with Gasteiger partial charge in [0.05, 0.1) is 0 Å². The highest BCUT2D eigenvalue weighted by Gasteiger charge is 2.19. The molecular formula is C21H27N3O. The summed E-state index contributed by atoms with van der Waals surface area (Å²) in [6.45, 7) is 6.09. The summed E-state index contributed by atoms with van der Waals surface area (Å²) in [5, 5.41) is 5.87. The van der Waals surface area contributed by atoms with Gasteiger partial charge in [0.2, 0.25) is 0 Å². The molecule has 4 nitrogen and oxygen atoms in total. The number of likely N-dealkylation sites (tertiary alicyclic amines) is 1. The molecule has 0 spiro atoms. The molecule has 132 valence electrons. The van der Waals surface area contributed by atoms with Crippen molar-refractivity contribution in [2.45, 2.75) is 26.3 Å². The van der Waals surface area contributed by atoms with Gasteiger partial charge >= 0.3 is 6.03 Å². The fourth-order valence-electron chi connectivity index (χ4n) is 3.23. The number of nitrogens with zero attached hydrogens (tertiary/aromatic N) is 1. The van der Waals surface area contributed by atoms with Gasteiger partial charge in [0.15, 0.2) is 0 Å². The van der Waals surface area contributed by atoms with Gasteiger partial charge in [0, 0.05) is 18.8 Å². The van der Waals surface area contributed by atoms with Gasteiger partial charge in [0.25, 0.3) is 0 Å². The minimum atomic E-state index is -0.117. The van der Waals surface area contributed by atoms with Gasteiger partial charge in [-0.25, -0.2) is 4.79 Å². The number of benzene rings is 2. The molecule has 4 heteroatoms.